The van der Waals surface area contributed by atoms with E-state index >= 15 is 0 Å². The van der Waals surface area contributed by atoms with Gasteiger partial charge in [-0.2, -0.15) is 0 Å². The summed E-state index contributed by atoms with van der Waals surface area (Å²) in [6.45, 7) is 17.4. The summed E-state index contributed by atoms with van der Waals surface area (Å²) in [6.07, 6.45) is 10.7. The van der Waals surface area contributed by atoms with Gasteiger partial charge >= 0.3 is 0 Å². The zero-order chi connectivity index (χ0) is 23.6. The van der Waals surface area contributed by atoms with Crippen molar-refractivity contribution >= 4 is 11.8 Å². The molecule has 32 heavy (non-hydrogen) atoms. The highest BCUT2D eigenvalue weighted by Gasteiger charge is 2.22. The lowest BCUT2D eigenvalue weighted by molar-refractivity contribution is -1.01. The van der Waals surface area contributed by atoms with Gasteiger partial charge in [0.25, 0.3) is 0 Å². The summed E-state index contributed by atoms with van der Waals surface area (Å²) in [5.74, 6) is 0.910. The first kappa shape index (κ1) is 28.9. The van der Waals surface area contributed by atoms with Gasteiger partial charge in [-0.1, -0.05) is 53.4 Å². The van der Waals surface area contributed by atoms with Crippen LogP contribution in [0.15, 0.2) is 0 Å². The lowest BCUT2D eigenvalue weighted by atomic mass is 9.98. The Kier molecular flexibility index (Phi) is 16.5. The van der Waals surface area contributed by atoms with E-state index in [0.717, 1.165) is 90.4 Å². The topological polar surface area (TPSA) is 67.1 Å². The van der Waals surface area contributed by atoms with Crippen LogP contribution in [0.25, 0.3) is 0 Å². The highest BCUT2D eigenvalue weighted by atomic mass is 16.2. The highest BCUT2D eigenvalue weighted by Crippen LogP contribution is 2.13. The minimum Gasteiger partial charge on any atom is -0.356 e. The number of rotatable bonds is 18. The summed E-state index contributed by atoms with van der Waals surface area (Å²) in [6, 6.07) is 0. The van der Waals surface area contributed by atoms with Crippen LogP contribution in [-0.4, -0.2) is 64.2 Å². The fourth-order valence-corrected chi connectivity index (χ4v) is 4.79. The number of carbonyl (C=O) groups is 2. The maximum absolute atomic E-state index is 12.3. The second-order valence-corrected chi connectivity index (χ2v) is 9.78. The van der Waals surface area contributed by atoms with E-state index in [-0.39, 0.29) is 23.7 Å². The van der Waals surface area contributed by atoms with E-state index in [1.807, 2.05) is 0 Å². The molecular weight excluding hydrogens is 400 g/mol. The molecule has 0 radical (unpaired) electrons. The van der Waals surface area contributed by atoms with Crippen molar-refractivity contribution in [2.24, 2.45) is 11.8 Å². The molecule has 0 aliphatic carbocycles. The van der Waals surface area contributed by atoms with E-state index in [0.29, 0.717) is 0 Å². The largest absolute Gasteiger partial charge is 0.356 e. The molecule has 1 fully saturated rings. The van der Waals surface area contributed by atoms with E-state index in [1.165, 1.54) is 26.2 Å². The van der Waals surface area contributed by atoms with Gasteiger partial charge in [0, 0.05) is 37.8 Å². The van der Waals surface area contributed by atoms with Crippen LogP contribution >= 0.6 is 0 Å². The standard InChI is InChI=1S/C26H52N4O2/c1-5-9-13-23(7-3)25(31)27-15-11-17-29-19-21-30(22-20-29)18-12-16-28-26(32)24(8-4)14-10-6-2/h23-24H,5-22H2,1-4H3,(H,27,31)(H,28,32)/p+2/t23-,24-/m0/s1. The Morgan fingerprint density at radius 2 is 1.03 bits per heavy atom. The second kappa shape index (κ2) is 18.3. The van der Waals surface area contributed by atoms with Crippen LogP contribution in [0.3, 0.4) is 0 Å². The van der Waals surface area contributed by atoms with Crippen molar-refractivity contribution < 1.29 is 19.4 Å². The molecule has 0 bridgehead atoms. The highest BCUT2D eigenvalue weighted by molar-refractivity contribution is 5.78. The predicted molar refractivity (Wildman–Crippen MR) is 133 cm³/mol. The molecular formula is C26H54N4O2+2. The fraction of sp³-hybridized carbons (Fsp3) is 0.923. The summed E-state index contributed by atoms with van der Waals surface area (Å²) >= 11 is 0. The van der Waals surface area contributed by atoms with E-state index in [9.17, 15) is 9.59 Å². The molecule has 0 aromatic carbocycles. The van der Waals surface area contributed by atoms with Crippen molar-refractivity contribution in [1.29, 1.82) is 0 Å². The van der Waals surface area contributed by atoms with Crippen molar-refractivity contribution in [3.63, 3.8) is 0 Å². The SMILES string of the molecule is CCCC[C@H](CC)C(=O)NCCC[NH+]1CC[NH+](CCCNC(=O)[C@@H](CC)CCCC)CC1. The zero-order valence-electron chi connectivity index (χ0n) is 21.7. The van der Waals surface area contributed by atoms with Gasteiger partial charge in [-0.05, 0) is 25.7 Å². The molecule has 0 spiro atoms. The van der Waals surface area contributed by atoms with Crippen molar-refractivity contribution in [1.82, 2.24) is 10.6 Å². The number of carbonyl (C=O) groups excluding carboxylic acids is 2. The Morgan fingerprint density at radius 3 is 1.34 bits per heavy atom. The van der Waals surface area contributed by atoms with Crippen LogP contribution in [0.4, 0.5) is 0 Å². The van der Waals surface area contributed by atoms with Gasteiger partial charge in [0.15, 0.2) is 0 Å². The second-order valence-electron chi connectivity index (χ2n) is 9.78. The maximum Gasteiger partial charge on any atom is 0.223 e. The summed E-state index contributed by atoms with van der Waals surface area (Å²) in [5, 5.41) is 6.33. The Hall–Kier alpha value is -1.14. The predicted octanol–water partition coefficient (Wildman–Crippen LogP) is 1.22. The van der Waals surface area contributed by atoms with Crippen molar-refractivity contribution in [2.45, 2.75) is 91.9 Å². The first-order valence-electron chi connectivity index (χ1n) is 13.8. The van der Waals surface area contributed by atoms with Gasteiger partial charge in [0.05, 0.1) is 13.1 Å². The van der Waals surface area contributed by atoms with E-state index in [1.54, 1.807) is 9.80 Å². The van der Waals surface area contributed by atoms with Crippen molar-refractivity contribution in [3.05, 3.63) is 0 Å². The first-order valence-corrected chi connectivity index (χ1v) is 13.8. The van der Waals surface area contributed by atoms with Crippen LogP contribution in [0.2, 0.25) is 0 Å². The monoisotopic (exact) mass is 454 g/mol. The molecule has 0 unspecified atom stereocenters. The molecule has 0 aromatic heterocycles. The molecule has 1 aliphatic rings. The Bertz CT molecular complexity index is 448. The van der Waals surface area contributed by atoms with Crippen molar-refractivity contribution in [2.75, 3.05) is 52.4 Å². The van der Waals surface area contributed by atoms with Crippen LogP contribution in [0.5, 0.6) is 0 Å². The third-order valence-corrected chi connectivity index (χ3v) is 7.22. The van der Waals surface area contributed by atoms with Crippen LogP contribution < -0.4 is 20.4 Å². The van der Waals surface area contributed by atoms with Crippen LogP contribution in [0, 0.1) is 11.8 Å². The number of nitrogens with one attached hydrogen (secondary N) is 4. The molecule has 1 aliphatic heterocycles. The lowest BCUT2D eigenvalue weighted by Crippen LogP contribution is -3.28. The Balaban J connectivity index is 2.09. The molecule has 1 heterocycles. The van der Waals surface area contributed by atoms with Gasteiger partial charge in [-0.15, -0.1) is 0 Å². The van der Waals surface area contributed by atoms with Gasteiger partial charge in [-0.25, -0.2) is 0 Å². The minimum atomic E-state index is 0.198. The number of piperazine rings is 1. The molecule has 1 rings (SSSR count). The average Bonchev–Trinajstić information content (AvgIpc) is 2.81. The molecule has 0 saturated carbocycles. The van der Waals surface area contributed by atoms with Gasteiger partial charge in [-0.3, -0.25) is 9.59 Å². The molecule has 2 atom stereocenters. The van der Waals surface area contributed by atoms with Crippen LogP contribution in [-0.2, 0) is 9.59 Å². The van der Waals surface area contributed by atoms with Gasteiger partial charge < -0.3 is 20.4 Å². The number of quaternary nitrogens is 2. The van der Waals surface area contributed by atoms with E-state index in [2.05, 4.69) is 38.3 Å². The van der Waals surface area contributed by atoms with Gasteiger partial charge in [0.1, 0.15) is 26.2 Å². The normalized spacial score (nSPS) is 20.5. The first-order chi connectivity index (χ1) is 15.5. The maximum atomic E-state index is 12.3. The zero-order valence-corrected chi connectivity index (χ0v) is 21.7. The number of hydrogen-bond acceptors (Lipinski definition) is 2. The van der Waals surface area contributed by atoms with Gasteiger partial charge in [0.2, 0.25) is 11.8 Å². The summed E-state index contributed by atoms with van der Waals surface area (Å²) in [4.78, 5) is 27.9. The van der Waals surface area contributed by atoms with Crippen LogP contribution in [0.1, 0.15) is 91.9 Å². The third-order valence-electron chi connectivity index (χ3n) is 7.22. The smallest absolute Gasteiger partial charge is 0.223 e. The van der Waals surface area contributed by atoms with Crippen molar-refractivity contribution in [3.8, 4) is 0 Å². The number of unbranched alkanes of at least 4 members (excludes halogenated alkanes) is 2. The van der Waals surface area contributed by atoms with E-state index in [4.69, 9.17) is 0 Å². The molecule has 6 heteroatoms. The molecule has 6 nitrogen and oxygen atoms in total. The fourth-order valence-electron chi connectivity index (χ4n) is 4.79. The molecule has 0 aromatic rings. The molecule has 1 saturated heterocycles. The number of amides is 2. The quantitative estimate of drug-likeness (QED) is 0.235. The Morgan fingerprint density at radius 1 is 0.656 bits per heavy atom. The minimum absolute atomic E-state index is 0.198. The summed E-state index contributed by atoms with van der Waals surface area (Å²) in [5.41, 5.74) is 0. The Labute approximate surface area is 198 Å². The lowest BCUT2D eigenvalue weighted by Gasteiger charge is -2.29. The van der Waals surface area contributed by atoms with E-state index < -0.39 is 0 Å². The molecule has 2 amide bonds. The molecule has 188 valence electrons. The average molecular weight is 455 g/mol. The number of hydrogen-bond donors (Lipinski definition) is 4. The third kappa shape index (κ3) is 12.2. The summed E-state index contributed by atoms with van der Waals surface area (Å²) in [7, 11) is 0. The summed E-state index contributed by atoms with van der Waals surface area (Å²) < 4.78 is 0. The molecule has 4 N–H and O–H groups in total.